The molecule has 98 valence electrons. The minimum atomic E-state index is -0.382. The van der Waals surface area contributed by atoms with Crippen molar-refractivity contribution >= 4 is 23.2 Å². The van der Waals surface area contributed by atoms with E-state index in [1.165, 1.54) is 18.2 Å². The highest BCUT2D eigenvalue weighted by Crippen LogP contribution is 2.23. The molecule has 0 saturated heterocycles. The number of phenols is 1. The summed E-state index contributed by atoms with van der Waals surface area (Å²) in [5.74, 6) is -0.474. The van der Waals surface area contributed by atoms with E-state index in [0.717, 1.165) is 16.8 Å². The molecule has 0 unspecified atom stereocenters. The number of halogens is 1. The van der Waals surface area contributed by atoms with Crippen molar-refractivity contribution < 1.29 is 9.90 Å². The van der Waals surface area contributed by atoms with Gasteiger partial charge < -0.3 is 10.4 Å². The van der Waals surface area contributed by atoms with E-state index < -0.39 is 0 Å². The van der Waals surface area contributed by atoms with Crippen LogP contribution in [-0.2, 0) is 0 Å². The summed E-state index contributed by atoms with van der Waals surface area (Å²) in [4.78, 5) is 12.1. The molecular weight excluding hydrogens is 262 g/mol. The number of nitrogens with one attached hydrogen (secondary N) is 1. The average molecular weight is 276 g/mol. The van der Waals surface area contributed by atoms with Crippen molar-refractivity contribution in [3.05, 3.63) is 58.1 Å². The SMILES string of the molecule is Cc1ccc(NC(=O)c2cc(Cl)ccc2O)c(C)c1. The van der Waals surface area contributed by atoms with E-state index in [2.05, 4.69) is 5.32 Å². The van der Waals surface area contributed by atoms with Gasteiger partial charge in [0, 0.05) is 10.7 Å². The van der Waals surface area contributed by atoms with E-state index in [9.17, 15) is 9.90 Å². The van der Waals surface area contributed by atoms with Gasteiger partial charge in [-0.25, -0.2) is 0 Å². The van der Waals surface area contributed by atoms with Gasteiger partial charge >= 0.3 is 0 Å². The van der Waals surface area contributed by atoms with Gasteiger partial charge in [0.2, 0.25) is 0 Å². The lowest BCUT2D eigenvalue weighted by molar-refractivity contribution is 0.102. The second-order valence-corrected chi connectivity index (χ2v) is 4.87. The molecule has 2 rings (SSSR count). The van der Waals surface area contributed by atoms with Crippen LogP contribution in [-0.4, -0.2) is 11.0 Å². The molecule has 2 aromatic rings. The molecule has 19 heavy (non-hydrogen) atoms. The van der Waals surface area contributed by atoms with Gasteiger partial charge in [0.25, 0.3) is 5.91 Å². The topological polar surface area (TPSA) is 49.3 Å². The summed E-state index contributed by atoms with van der Waals surface area (Å²) >= 11 is 5.82. The molecular formula is C15H14ClNO2. The summed E-state index contributed by atoms with van der Waals surface area (Å²) < 4.78 is 0. The highest BCUT2D eigenvalue weighted by atomic mass is 35.5. The van der Waals surface area contributed by atoms with E-state index in [4.69, 9.17) is 11.6 Å². The van der Waals surface area contributed by atoms with E-state index in [-0.39, 0.29) is 17.2 Å². The predicted octanol–water partition coefficient (Wildman–Crippen LogP) is 3.91. The van der Waals surface area contributed by atoms with Crippen molar-refractivity contribution in [1.82, 2.24) is 0 Å². The van der Waals surface area contributed by atoms with Crippen molar-refractivity contribution in [2.45, 2.75) is 13.8 Å². The van der Waals surface area contributed by atoms with Gasteiger partial charge in [0.05, 0.1) is 5.56 Å². The lowest BCUT2D eigenvalue weighted by atomic mass is 10.1. The molecule has 0 radical (unpaired) electrons. The molecule has 1 amide bonds. The summed E-state index contributed by atoms with van der Waals surface area (Å²) in [6.07, 6.45) is 0. The second-order valence-electron chi connectivity index (χ2n) is 4.43. The van der Waals surface area contributed by atoms with Crippen LogP contribution >= 0.6 is 11.6 Å². The second kappa shape index (κ2) is 5.33. The average Bonchev–Trinajstić information content (AvgIpc) is 2.35. The number of amides is 1. The van der Waals surface area contributed by atoms with E-state index in [0.29, 0.717) is 5.02 Å². The number of anilines is 1. The highest BCUT2D eigenvalue weighted by Gasteiger charge is 2.12. The van der Waals surface area contributed by atoms with Crippen LogP contribution < -0.4 is 5.32 Å². The minimum absolute atomic E-state index is 0.0911. The Hall–Kier alpha value is -2.00. The Labute approximate surface area is 116 Å². The number of carbonyl (C=O) groups excluding carboxylic acids is 1. The first-order valence-electron chi connectivity index (χ1n) is 5.84. The van der Waals surface area contributed by atoms with Gasteiger partial charge in [-0.3, -0.25) is 4.79 Å². The Kier molecular flexibility index (Phi) is 3.76. The minimum Gasteiger partial charge on any atom is -0.507 e. The molecule has 0 fully saturated rings. The zero-order valence-corrected chi connectivity index (χ0v) is 11.5. The Bertz CT molecular complexity index is 638. The Morgan fingerprint density at radius 3 is 2.58 bits per heavy atom. The van der Waals surface area contributed by atoms with Gasteiger partial charge in [-0.05, 0) is 43.7 Å². The number of hydrogen-bond donors (Lipinski definition) is 2. The Morgan fingerprint density at radius 1 is 1.16 bits per heavy atom. The molecule has 2 aromatic carbocycles. The normalized spacial score (nSPS) is 10.3. The maximum Gasteiger partial charge on any atom is 0.259 e. The van der Waals surface area contributed by atoms with E-state index in [1.807, 2.05) is 32.0 Å². The lowest BCUT2D eigenvalue weighted by Crippen LogP contribution is -2.13. The first kappa shape index (κ1) is 13.4. The van der Waals surface area contributed by atoms with Crippen LogP contribution in [0.15, 0.2) is 36.4 Å². The molecule has 0 aliphatic carbocycles. The summed E-state index contributed by atoms with van der Waals surface area (Å²) in [6, 6.07) is 10.1. The number of aryl methyl sites for hydroxylation is 2. The maximum atomic E-state index is 12.1. The van der Waals surface area contributed by atoms with Crippen LogP contribution in [0.5, 0.6) is 5.75 Å². The first-order chi connectivity index (χ1) is 8.97. The molecule has 2 N–H and O–H groups in total. The highest BCUT2D eigenvalue weighted by molar-refractivity contribution is 6.31. The number of hydrogen-bond acceptors (Lipinski definition) is 2. The van der Waals surface area contributed by atoms with Crippen LogP contribution in [0, 0.1) is 13.8 Å². The first-order valence-corrected chi connectivity index (χ1v) is 6.22. The van der Waals surface area contributed by atoms with Crippen molar-refractivity contribution in [3.63, 3.8) is 0 Å². The third-order valence-corrected chi connectivity index (χ3v) is 3.07. The van der Waals surface area contributed by atoms with Crippen molar-refractivity contribution in [2.75, 3.05) is 5.32 Å². The summed E-state index contributed by atoms with van der Waals surface area (Å²) in [5, 5.41) is 12.8. The fraction of sp³-hybridized carbons (Fsp3) is 0.133. The predicted molar refractivity (Wildman–Crippen MR) is 77.0 cm³/mol. The van der Waals surface area contributed by atoms with Gasteiger partial charge in [-0.15, -0.1) is 0 Å². The zero-order valence-electron chi connectivity index (χ0n) is 10.7. The summed E-state index contributed by atoms with van der Waals surface area (Å²) in [6.45, 7) is 3.90. The fourth-order valence-electron chi connectivity index (χ4n) is 1.83. The molecule has 0 saturated carbocycles. The van der Waals surface area contributed by atoms with Crippen LogP contribution in [0.1, 0.15) is 21.5 Å². The molecule has 0 heterocycles. The molecule has 0 aliphatic heterocycles. The molecule has 0 aromatic heterocycles. The fourth-order valence-corrected chi connectivity index (χ4v) is 2.01. The van der Waals surface area contributed by atoms with E-state index >= 15 is 0 Å². The number of benzene rings is 2. The largest absolute Gasteiger partial charge is 0.507 e. The third-order valence-electron chi connectivity index (χ3n) is 2.83. The standard InChI is InChI=1S/C15H14ClNO2/c1-9-3-5-13(10(2)7-9)17-15(19)12-8-11(16)4-6-14(12)18/h3-8,18H,1-2H3,(H,17,19). The van der Waals surface area contributed by atoms with Crippen LogP contribution in [0.4, 0.5) is 5.69 Å². The zero-order chi connectivity index (χ0) is 14.0. The molecule has 0 atom stereocenters. The number of rotatable bonds is 2. The van der Waals surface area contributed by atoms with Crippen LogP contribution in [0.3, 0.4) is 0 Å². The lowest BCUT2D eigenvalue weighted by Gasteiger charge is -2.10. The molecule has 0 spiro atoms. The molecule has 0 aliphatic rings. The molecule has 4 heteroatoms. The van der Waals surface area contributed by atoms with Crippen LogP contribution in [0.2, 0.25) is 5.02 Å². The van der Waals surface area contributed by atoms with Crippen molar-refractivity contribution in [3.8, 4) is 5.75 Å². The van der Waals surface area contributed by atoms with E-state index in [1.54, 1.807) is 0 Å². The Balaban J connectivity index is 2.28. The summed E-state index contributed by atoms with van der Waals surface area (Å²) in [7, 11) is 0. The third kappa shape index (κ3) is 3.06. The van der Waals surface area contributed by atoms with Gasteiger partial charge in [0.15, 0.2) is 0 Å². The van der Waals surface area contributed by atoms with Gasteiger partial charge in [-0.2, -0.15) is 0 Å². The van der Waals surface area contributed by atoms with Gasteiger partial charge in [0.1, 0.15) is 5.75 Å². The summed E-state index contributed by atoms with van der Waals surface area (Å²) in [5.41, 5.74) is 2.97. The Morgan fingerprint density at radius 2 is 1.89 bits per heavy atom. The van der Waals surface area contributed by atoms with Crippen molar-refractivity contribution in [2.24, 2.45) is 0 Å². The maximum absolute atomic E-state index is 12.1. The smallest absolute Gasteiger partial charge is 0.259 e. The van der Waals surface area contributed by atoms with Crippen LogP contribution in [0.25, 0.3) is 0 Å². The molecule has 0 bridgehead atoms. The molecule has 3 nitrogen and oxygen atoms in total. The monoisotopic (exact) mass is 275 g/mol. The number of aromatic hydroxyl groups is 1. The number of phenolic OH excluding ortho intramolecular Hbond substituents is 1. The quantitative estimate of drug-likeness (QED) is 0.873. The number of carbonyl (C=O) groups is 1. The van der Waals surface area contributed by atoms with Crippen molar-refractivity contribution in [1.29, 1.82) is 0 Å². The van der Waals surface area contributed by atoms with Gasteiger partial charge in [-0.1, -0.05) is 29.3 Å².